The van der Waals surface area contributed by atoms with Gasteiger partial charge in [-0.1, -0.05) is 48.0 Å². The van der Waals surface area contributed by atoms with E-state index in [1.807, 2.05) is 34.9 Å². The van der Waals surface area contributed by atoms with Crippen molar-refractivity contribution in [3.8, 4) is 0 Å². The smallest absolute Gasteiger partial charge is 0.341 e. The van der Waals surface area contributed by atoms with Crippen molar-refractivity contribution in [3.05, 3.63) is 106 Å². The summed E-state index contributed by atoms with van der Waals surface area (Å²) in [7, 11) is 0. The van der Waals surface area contributed by atoms with E-state index in [4.69, 9.17) is 16.3 Å². The molecular weight excluding hydrogens is 514 g/mol. The summed E-state index contributed by atoms with van der Waals surface area (Å²) in [5.74, 6) is -0.543. The minimum atomic E-state index is -0.482. The van der Waals surface area contributed by atoms with Crippen LogP contribution >= 0.6 is 34.7 Å². The zero-order valence-corrected chi connectivity index (χ0v) is 21.6. The summed E-state index contributed by atoms with van der Waals surface area (Å²) < 4.78 is 8.07. The molecular formula is C28H20ClNO4S2. The summed E-state index contributed by atoms with van der Waals surface area (Å²) in [6.07, 6.45) is 1.86. The molecule has 3 aromatic heterocycles. The molecule has 5 nitrogen and oxygen atoms in total. The van der Waals surface area contributed by atoms with Crippen LogP contribution in [0.3, 0.4) is 0 Å². The minimum absolute atomic E-state index is 0.0550. The normalized spacial score (nSPS) is 11.2. The molecule has 8 heteroatoms. The molecule has 180 valence electrons. The van der Waals surface area contributed by atoms with Crippen molar-refractivity contribution in [1.82, 2.24) is 4.40 Å². The predicted octanol–water partition coefficient (Wildman–Crippen LogP) is 7.19. The fraction of sp³-hybridized carbons (Fsp3) is 0.107. The molecule has 36 heavy (non-hydrogen) atoms. The van der Waals surface area contributed by atoms with E-state index in [-0.39, 0.29) is 23.9 Å². The number of thiophene rings is 1. The maximum absolute atomic E-state index is 13.6. The van der Waals surface area contributed by atoms with Gasteiger partial charge in [0.05, 0.1) is 38.0 Å². The molecule has 0 saturated heterocycles. The number of carbonyl (C=O) groups excluding carboxylic acids is 3. The van der Waals surface area contributed by atoms with E-state index in [1.54, 1.807) is 55.5 Å². The molecule has 0 atom stereocenters. The Labute approximate surface area is 220 Å². The topological polar surface area (TPSA) is 64.9 Å². The summed E-state index contributed by atoms with van der Waals surface area (Å²) in [4.78, 5) is 40.1. The van der Waals surface area contributed by atoms with Gasteiger partial charge in [-0.05, 0) is 43.3 Å². The van der Waals surface area contributed by atoms with Crippen molar-refractivity contribution in [2.45, 2.75) is 11.1 Å². The van der Waals surface area contributed by atoms with Gasteiger partial charge in [0.15, 0.2) is 5.78 Å². The zero-order valence-electron chi connectivity index (χ0n) is 19.2. The van der Waals surface area contributed by atoms with Crippen LogP contribution in [0.15, 0.2) is 83.2 Å². The second kappa shape index (κ2) is 10.3. The van der Waals surface area contributed by atoms with Gasteiger partial charge in [0.2, 0.25) is 5.78 Å². The number of benzene rings is 2. The number of hydrogen-bond donors (Lipinski definition) is 0. The lowest BCUT2D eigenvalue weighted by molar-refractivity contribution is 0.0530. The first kappa shape index (κ1) is 24.3. The molecule has 0 fully saturated rings. The largest absolute Gasteiger partial charge is 0.462 e. The number of ether oxygens (including phenoxy) is 1. The molecule has 0 radical (unpaired) electrons. The quantitative estimate of drug-likeness (QED) is 0.120. The Morgan fingerprint density at radius 1 is 0.944 bits per heavy atom. The fourth-order valence-electron chi connectivity index (χ4n) is 4.06. The Morgan fingerprint density at radius 2 is 1.67 bits per heavy atom. The Bertz CT molecular complexity index is 1600. The second-order valence-electron chi connectivity index (χ2n) is 7.91. The molecule has 0 aliphatic rings. The van der Waals surface area contributed by atoms with E-state index in [0.717, 1.165) is 9.73 Å². The van der Waals surface area contributed by atoms with Crippen LogP contribution in [-0.2, 0) is 4.74 Å². The van der Waals surface area contributed by atoms with Crippen LogP contribution in [0, 0.1) is 0 Å². The van der Waals surface area contributed by atoms with Crippen molar-refractivity contribution in [1.29, 1.82) is 0 Å². The molecule has 0 bridgehead atoms. The standard InChI is InChI=1S/C28H20ClNO4S2/c1-2-34-27(33)22-20-10-6-7-15-30(20)24-23(22)26(25(32)18-8-4-3-5-9-18)36-28(24)35-16-21(31)17-11-13-19(29)14-12-17/h3-15H,2,16H2,1H3. The van der Waals surface area contributed by atoms with Gasteiger partial charge in [0, 0.05) is 27.7 Å². The molecule has 2 aromatic carbocycles. The highest BCUT2D eigenvalue weighted by atomic mass is 35.5. The van der Waals surface area contributed by atoms with Gasteiger partial charge in [-0.25, -0.2) is 4.79 Å². The Balaban J connectivity index is 1.66. The molecule has 0 amide bonds. The summed E-state index contributed by atoms with van der Waals surface area (Å²) in [6.45, 7) is 1.97. The highest BCUT2D eigenvalue weighted by Crippen LogP contribution is 2.44. The SMILES string of the molecule is CCOC(=O)c1c2c(C(=O)c3ccccc3)sc(SCC(=O)c3ccc(Cl)cc3)c2n2ccccc12. The van der Waals surface area contributed by atoms with Gasteiger partial charge in [0.1, 0.15) is 0 Å². The van der Waals surface area contributed by atoms with Crippen molar-refractivity contribution in [2.75, 3.05) is 12.4 Å². The Kier molecular flexibility index (Phi) is 6.96. The Hall–Kier alpha value is -3.39. The van der Waals surface area contributed by atoms with Gasteiger partial charge in [0.25, 0.3) is 0 Å². The van der Waals surface area contributed by atoms with E-state index in [1.165, 1.54) is 23.1 Å². The van der Waals surface area contributed by atoms with E-state index in [0.29, 0.717) is 37.5 Å². The lowest BCUT2D eigenvalue weighted by atomic mass is 10.1. The number of thioether (sulfide) groups is 1. The van der Waals surface area contributed by atoms with Gasteiger partial charge in [-0.2, -0.15) is 0 Å². The molecule has 0 aliphatic carbocycles. The number of hydrogen-bond acceptors (Lipinski definition) is 6. The minimum Gasteiger partial charge on any atom is -0.462 e. The number of fused-ring (bicyclic) bond motifs is 3. The number of carbonyl (C=O) groups is 3. The monoisotopic (exact) mass is 533 g/mol. The van der Waals surface area contributed by atoms with Crippen molar-refractivity contribution in [2.24, 2.45) is 0 Å². The maximum Gasteiger partial charge on any atom is 0.341 e. The third-order valence-corrected chi connectivity index (χ3v) is 8.37. The van der Waals surface area contributed by atoms with Crippen LogP contribution in [0.25, 0.3) is 16.4 Å². The fourth-order valence-corrected chi connectivity index (χ4v) is 6.61. The molecule has 0 N–H and O–H groups in total. The molecule has 3 heterocycles. The number of ketones is 2. The van der Waals surface area contributed by atoms with Gasteiger partial charge in [-0.3, -0.25) is 9.59 Å². The highest BCUT2D eigenvalue weighted by Gasteiger charge is 2.29. The van der Waals surface area contributed by atoms with Crippen LogP contribution in [-0.4, -0.2) is 34.3 Å². The lowest BCUT2D eigenvalue weighted by Crippen LogP contribution is -2.06. The van der Waals surface area contributed by atoms with Crippen LogP contribution in [0.1, 0.15) is 42.9 Å². The van der Waals surface area contributed by atoms with Crippen molar-refractivity contribution >= 4 is 68.7 Å². The summed E-state index contributed by atoms with van der Waals surface area (Å²) in [5, 5.41) is 1.12. The first-order chi connectivity index (χ1) is 17.5. The van der Waals surface area contributed by atoms with Gasteiger partial charge >= 0.3 is 5.97 Å². The lowest BCUT2D eigenvalue weighted by Gasteiger charge is -2.04. The van der Waals surface area contributed by atoms with E-state index in [9.17, 15) is 14.4 Å². The van der Waals surface area contributed by atoms with Gasteiger partial charge in [-0.15, -0.1) is 23.1 Å². The van der Waals surface area contributed by atoms with Crippen molar-refractivity contribution < 1.29 is 19.1 Å². The first-order valence-corrected chi connectivity index (χ1v) is 13.4. The maximum atomic E-state index is 13.6. The van der Waals surface area contributed by atoms with Crippen molar-refractivity contribution in [3.63, 3.8) is 0 Å². The zero-order chi connectivity index (χ0) is 25.2. The second-order valence-corrected chi connectivity index (χ2v) is 10.6. The molecule has 0 saturated carbocycles. The third-order valence-electron chi connectivity index (χ3n) is 5.68. The number of halogens is 1. The number of nitrogens with zero attached hydrogens (tertiary/aromatic N) is 1. The number of esters is 1. The Morgan fingerprint density at radius 3 is 2.39 bits per heavy atom. The average Bonchev–Trinajstić information content (AvgIpc) is 3.43. The average molecular weight is 534 g/mol. The number of Topliss-reactive ketones (excluding diaryl/α,β-unsaturated/α-hetero) is 1. The van der Waals surface area contributed by atoms with Crippen LogP contribution in [0.2, 0.25) is 5.02 Å². The molecule has 5 rings (SSSR count). The third kappa shape index (κ3) is 4.46. The molecule has 0 aliphatic heterocycles. The summed E-state index contributed by atoms with van der Waals surface area (Å²) in [5.41, 5.74) is 2.83. The number of aromatic nitrogens is 1. The molecule has 5 aromatic rings. The highest BCUT2D eigenvalue weighted by molar-refractivity contribution is 8.02. The van der Waals surface area contributed by atoms with E-state index < -0.39 is 5.97 Å². The van der Waals surface area contributed by atoms with Gasteiger partial charge < -0.3 is 9.14 Å². The first-order valence-electron chi connectivity index (χ1n) is 11.2. The molecule has 0 spiro atoms. The van der Waals surface area contributed by atoms with E-state index >= 15 is 0 Å². The van der Waals surface area contributed by atoms with Crippen LogP contribution in [0.5, 0.6) is 0 Å². The number of rotatable bonds is 8. The van der Waals surface area contributed by atoms with Crippen LogP contribution in [0.4, 0.5) is 0 Å². The number of pyridine rings is 1. The predicted molar refractivity (Wildman–Crippen MR) is 145 cm³/mol. The van der Waals surface area contributed by atoms with Crippen LogP contribution < -0.4 is 0 Å². The summed E-state index contributed by atoms with van der Waals surface area (Å²) in [6, 6.07) is 21.3. The molecule has 0 unspecified atom stereocenters. The summed E-state index contributed by atoms with van der Waals surface area (Å²) >= 11 is 8.61. The van der Waals surface area contributed by atoms with E-state index in [2.05, 4.69) is 0 Å².